The van der Waals surface area contributed by atoms with E-state index in [-0.39, 0.29) is 21.8 Å². The molecule has 0 radical (unpaired) electrons. The number of hydrogen-bond acceptors (Lipinski definition) is 7. The summed E-state index contributed by atoms with van der Waals surface area (Å²) in [6.45, 7) is 2.99. The molecule has 0 amide bonds. The molecule has 5 aromatic carbocycles. The van der Waals surface area contributed by atoms with Gasteiger partial charge in [-0.15, -0.1) is 0 Å². The van der Waals surface area contributed by atoms with E-state index in [9.17, 15) is 105 Å². The van der Waals surface area contributed by atoms with Crippen LogP contribution in [0.5, 0.6) is 5.75 Å². The molecule has 0 aromatic heterocycles. The van der Waals surface area contributed by atoms with E-state index >= 15 is 0 Å². The van der Waals surface area contributed by atoms with Crippen molar-refractivity contribution in [1.82, 2.24) is 0 Å². The van der Waals surface area contributed by atoms with E-state index in [1.807, 2.05) is 0 Å². The zero-order chi connectivity index (χ0) is 55.4. The van der Waals surface area contributed by atoms with Crippen LogP contribution in [-0.4, -0.2) is 84.9 Å². The van der Waals surface area contributed by atoms with Gasteiger partial charge in [0.2, 0.25) is 0 Å². The highest BCUT2D eigenvalue weighted by Crippen LogP contribution is 2.56. The van der Waals surface area contributed by atoms with Crippen LogP contribution in [0.1, 0.15) is 43.4 Å². The first-order valence-corrected chi connectivity index (χ1v) is 25.9. The molecule has 0 spiro atoms. The van der Waals surface area contributed by atoms with Gasteiger partial charge in [-0.3, -0.25) is 0 Å². The predicted octanol–water partition coefficient (Wildman–Crippen LogP) is 13.5. The topological polar surface area (TPSA) is 124 Å². The lowest BCUT2D eigenvalue weighted by atomic mass is 10.1. The molecule has 2 unspecified atom stereocenters. The minimum Gasteiger partial charge on any atom is -0.743 e. The third-order valence-corrected chi connectivity index (χ3v) is 17.3. The predicted molar refractivity (Wildman–Crippen MR) is 229 cm³/mol. The molecule has 0 saturated carbocycles. The first kappa shape index (κ1) is 61.0. The van der Waals surface area contributed by atoms with Gasteiger partial charge < -0.3 is 13.8 Å². The van der Waals surface area contributed by atoms with E-state index in [0.717, 1.165) is 25.2 Å². The van der Waals surface area contributed by atoms with Gasteiger partial charge in [-0.2, -0.15) is 79.0 Å². The Bertz CT molecular complexity index is 2750. The van der Waals surface area contributed by atoms with Gasteiger partial charge in [0.1, 0.15) is 11.5 Å². The molecule has 1 aliphatic heterocycles. The molecule has 404 valence electrons. The van der Waals surface area contributed by atoms with Crippen molar-refractivity contribution in [3.63, 3.8) is 0 Å². The molecule has 5 aromatic rings. The van der Waals surface area contributed by atoms with E-state index in [0.29, 0.717) is 5.25 Å². The number of hydrogen-bond donors (Lipinski definition) is 0. The minimum absolute atomic E-state index is 0.140. The van der Waals surface area contributed by atoms with Gasteiger partial charge in [-0.05, 0) is 67.4 Å². The second-order valence-corrected chi connectivity index (χ2v) is 22.4. The third kappa shape index (κ3) is 12.3. The fourth-order valence-corrected chi connectivity index (χ4v) is 12.9. The fraction of sp³-hybridized carbons (Fsp3) is 0.364. The summed E-state index contributed by atoms with van der Waals surface area (Å²) in [6, 6.07) is 44.9. The second-order valence-electron chi connectivity index (χ2n) is 15.3. The van der Waals surface area contributed by atoms with Crippen LogP contribution in [0.25, 0.3) is 10.8 Å². The summed E-state index contributed by atoms with van der Waals surface area (Å²) in [7, 11) is -14.8. The summed E-state index contributed by atoms with van der Waals surface area (Å²) in [5.74, 6) is -27.4. The van der Waals surface area contributed by atoms with Crippen molar-refractivity contribution in [3.8, 4) is 5.75 Å². The minimum atomic E-state index is -7.43. The van der Waals surface area contributed by atoms with Crippen LogP contribution < -0.4 is 4.74 Å². The highest BCUT2D eigenvalue weighted by Gasteiger charge is 2.85. The van der Waals surface area contributed by atoms with Crippen LogP contribution in [0, 0.1) is 0 Å². The van der Waals surface area contributed by atoms with E-state index < -0.39 is 66.8 Å². The average Bonchev–Trinajstić information content (AvgIpc) is 3.78. The molecule has 0 aliphatic carbocycles. The van der Waals surface area contributed by atoms with Crippen molar-refractivity contribution in [2.45, 2.75) is 104 Å². The highest BCUT2D eigenvalue weighted by molar-refractivity contribution is 7.98. The van der Waals surface area contributed by atoms with E-state index in [2.05, 4.69) is 128 Å². The molecule has 0 bridgehead atoms. The van der Waals surface area contributed by atoms with Crippen LogP contribution >= 0.6 is 0 Å². The summed E-state index contributed by atoms with van der Waals surface area (Å²) in [5, 5.41) is -11.1. The molecule has 0 N–H and O–H groups in total. The summed E-state index contributed by atoms with van der Waals surface area (Å²) < 4.78 is 277. The Labute approximate surface area is 410 Å². The quantitative estimate of drug-likeness (QED) is 0.0442. The van der Waals surface area contributed by atoms with E-state index in [4.69, 9.17) is 4.74 Å². The number of benzene rings is 5. The smallest absolute Gasteiger partial charge is 0.460 e. The number of halogens is 18. The summed E-state index contributed by atoms with van der Waals surface area (Å²) in [5.41, 5.74) is 1.53. The molecule has 1 heterocycles. The van der Waals surface area contributed by atoms with Crippen LogP contribution in [0.2, 0.25) is 0 Å². The summed E-state index contributed by atoms with van der Waals surface area (Å²) >= 11 is 0. The lowest BCUT2D eigenvalue weighted by Crippen LogP contribution is -2.63. The normalized spacial score (nSPS) is 16.6. The third-order valence-electron chi connectivity index (χ3n) is 10.4. The Hall–Kier alpha value is -4.58. The first-order valence-electron chi connectivity index (χ1n) is 20.4. The Kier molecular flexibility index (Phi) is 18.6. The van der Waals surface area contributed by atoms with Gasteiger partial charge in [-0.25, -0.2) is 16.8 Å². The summed E-state index contributed by atoms with van der Waals surface area (Å²) in [4.78, 5) is 5.74. The lowest BCUT2D eigenvalue weighted by molar-refractivity contribution is -0.382. The second kappa shape index (κ2) is 22.3. The molecular weight excluding hydrogens is 1110 g/mol. The molecule has 2 atom stereocenters. The SMILES string of the molecule is CCCCOc1ccc([S+]2CCCC2c2ccccc2[S+](c2ccccc2)c2ccccc2)c2ccccc12.O=S(=O)([O-])C(F)(F)C(F)(F)C(F)(F)C(F)(F)F.O=S(=O)([O-])C(F)(F)C(F)(F)C(F)(F)C(F)(F)F. The number of unbranched alkanes of at least 4 members (excludes halogenated alkanes) is 1. The largest absolute Gasteiger partial charge is 0.743 e. The van der Waals surface area contributed by atoms with Crippen LogP contribution in [0.15, 0.2) is 141 Å². The van der Waals surface area contributed by atoms with Gasteiger partial charge in [0.25, 0.3) is 0 Å². The molecule has 73 heavy (non-hydrogen) atoms. The molecule has 7 nitrogen and oxygen atoms in total. The zero-order valence-electron chi connectivity index (χ0n) is 36.7. The van der Waals surface area contributed by atoms with Crippen molar-refractivity contribution in [2.75, 3.05) is 12.4 Å². The highest BCUT2D eigenvalue weighted by atomic mass is 32.2. The van der Waals surface area contributed by atoms with Gasteiger partial charge in [0, 0.05) is 28.1 Å². The Morgan fingerprint density at radius 2 is 0.959 bits per heavy atom. The van der Waals surface area contributed by atoms with E-state index in [1.165, 1.54) is 54.5 Å². The van der Waals surface area contributed by atoms with Crippen molar-refractivity contribution in [3.05, 3.63) is 127 Å². The monoisotopic (exact) mass is 1150 g/mol. The van der Waals surface area contributed by atoms with Crippen molar-refractivity contribution >= 4 is 52.8 Å². The number of alkyl halides is 18. The van der Waals surface area contributed by atoms with Crippen molar-refractivity contribution < 1.29 is 110 Å². The Morgan fingerprint density at radius 3 is 1.38 bits per heavy atom. The molecule has 1 fully saturated rings. The number of fused-ring (bicyclic) bond motifs is 1. The average molecular weight is 1150 g/mol. The maximum Gasteiger partial charge on any atom is 0.460 e. The van der Waals surface area contributed by atoms with Gasteiger partial charge >= 0.3 is 46.6 Å². The molecule has 1 saturated heterocycles. The molecule has 1 aliphatic rings. The molecule has 29 heteroatoms. The standard InChI is InChI=1S/C36H36OS2.2C4HF9O3S/c1-2-3-26-37-33-24-25-35(31-20-11-10-19-30(31)33)38-27-14-23-34(38)32-21-12-13-22-36(32)39(28-15-6-4-7-16-28)29-17-8-5-9-18-29;2*5-1(6,3(9,10)11)2(7,8)4(12,13)17(14,15)16/h4-13,15-22,24-25,34H,2-3,14,23,26-27H2,1H3;2*(H,14,15,16)/q+2;;/p-2. The van der Waals surface area contributed by atoms with Crippen LogP contribution in [0.4, 0.5) is 79.0 Å². The molecular formula is C44H36F18O7S4. The number of ether oxygens (including phenoxy) is 1. The lowest BCUT2D eigenvalue weighted by Gasteiger charge is -2.34. The summed E-state index contributed by atoms with van der Waals surface area (Å²) in [6.07, 6.45) is -9.58. The van der Waals surface area contributed by atoms with E-state index in [1.54, 1.807) is 0 Å². The van der Waals surface area contributed by atoms with Gasteiger partial charge in [-0.1, -0.05) is 80.1 Å². The maximum absolute atomic E-state index is 12.2. The fourth-order valence-electron chi connectivity index (χ4n) is 6.68. The number of rotatable bonds is 15. The Morgan fingerprint density at radius 1 is 0.548 bits per heavy atom. The van der Waals surface area contributed by atoms with Gasteiger partial charge in [0.05, 0.1) is 23.1 Å². The van der Waals surface area contributed by atoms with Crippen LogP contribution in [0.3, 0.4) is 0 Å². The zero-order valence-corrected chi connectivity index (χ0v) is 39.9. The maximum atomic E-state index is 12.2. The van der Waals surface area contributed by atoms with Crippen molar-refractivity contribution in [1.29, 1.82) is 0 Å². The van der Waals surface area contributed by atoms with Crippen LogP contribution in [-0.2, 0) is 42.0 Å². The molecule has 6 rings (SSSR count). The Balaban J connectivity index is 0.000000284. The van der Waals surface area contributed by atoms with Gasteiger partial charge in [0.15, 0.2) is 45.1 Å². The first-order chi connectivity index (χ1) is 33.3. The van der Waals surface area contributed by atoms with Crippen molar-refractivity contribution in [2.24, 2.45) is 0 Å².